The van der Waals surface area contributed by atoms with Crippen LogP contribution in [0.15, 0.2) is 18.3 Å². The van der Waals surface area contributed by atoms with Crippen LogP contribution >= 0.6 is 0 Å². The van der Waals surface area contributed by atoms with Crippen LogP contribution in [0.4, 0.5) is 10.6 Å². The third kappa shape index (κ3) is 4.92. The first-order valence-corrected chi connectivity index (χ1v) is 12.2. The van der Waals surface area contributed by atoms with E-state index in [0.29, 0.717) is 30.0 Å². The van der Waals surface area contributed by atoms with Crippen molar-refractivity contribution in [2.75, 3.05) is 18.0 Å². The molecule has 7 nitrogen and oxygen atoms in total. The molecule has 3 atom stereocenters. The highest BCUT2D eigenvalue weighted by Crippen LogP contribution is 2.41. The molecule has 1 aromatic rings. The second-order valence-electron chi connectivity index (χ2n) is 10.8. The Morgan fingerprint density at radius 3 is 2.31 bits per heavy atom. The van der Waals surface area contributed by atoms with Gasteiger partial charge in [-0.2, -0.15) is 0 Å². The van der Waals surface area contributed by atoms with Crippen LogP contribution in [0.25, 0.3) is 0 Å². The quantitative estimate of drug-likeness (QED) is 0.638. The summed E-state index contributed by atoms with van der Waals surface area (Å²) in [6.07, 6.45) is 8.60. The molecule has 0 radical (unpaired) electrons. The summed E-state index contributed by atoms with van der Waals surface area (Å²) in [5.41, 5.74) is 0.293. The lowest BCUT2D eigenvalue weighted by molar-refractivity contribution is 0.0558. The molecule has 7 heteroatoms. The summed E-state index contributed by atoms with van der Waals surface area (Å²) in [5, 5.41) is 13.2. The molecule has 176 valence electrons. The molecule has 3 aliphatic rings. The summed E-state index contributed by atoms with van der Waals surface area (Å²) in [6, 6.07) is 4.56. The average molecular weight is 443 g/mol. The highest BCUT2D eigenvalue weighted by molar-refractivity contribution is 5.95. The van der Waals surface area contributed by atoms with E-state index in [1.54, 1.807) is 11.1 Å². The van der Waals surface area contributed by atoms with Gasteiger partial charge in [-0.15, -0.1) is 0 Å². The number of ketones is 1. The van der Waals surface area contributed by atoms with Gasteiger partial charge in [0.25, 0.3) is 0 Å². The summed E-state index contributed by atoms with van der Waals surface area (Å²) in [7, 11) is 0. The van der Waals surface area contributed by atoms with E-state index in [1.165, 1.54) is 0 Å². The van der Waals surface area contributed by atoms with E-state index >= 15 is 0 Å². The highest BCUT2D eigenvalue weighted by Gasteiger charge is 2.46. The first-order valence-electron chi connectivity index (χ1n) is 12.2. The Morgan fingerprint density at radius 2 is 1.78 bits per heavy atom. The minimum Gasteiger partial charge on any atom is -0.465 e. The molecule has 0 aromatic carbocycles. The number of Topliss-reactive ketones (excluding diaryl/α,β-unsaturated/α-hetero) is 1. The Bertz CT molecular complexity index is 799. The third-order valence-electron chi connectivity index (χ3n) is 7.57. The van der Waals surface area contributed by atoms with Crippen LogP contribution in [0.3, 0.4) is 0 Å². The number of fused-ring (bicyclic) bond motifs is 2. The maximum Gasteiger partial charge on any atom is 0.407 e. The zero-order valence-electron chi connectivity index (χ0n) is 19.7. The number of nitrogens with zero attached hydrogens (tertiary/aromatic N) is 3. The number of anilines is 1. The van der Waals surface area contributed by atoms with Crippen molar-refractivity contribution in [2.24, 2.45) is 5.92 Å². The molecule has 0 saturated carbocycles. The number of amides is 1. The lowest BCUT2D eigenvalue weighted by Crippen LogP contribution is -2.57. The van der Waals surface area contributed by atoms with E-state index in [1.807, 2.05) is 32.9 Å². The summed E-state index contributed by atoms with van der Waals surface area (Å²) in [4.78, 5) is 33.3. The normalized spacial score (nSPS) is 26.2. The van der Waals surface area contributed by atoms with Crippen molar-refractivity contribution in [1.29, 1.82) is 0 Å². The van der Waals surface area contributed by atoms with Gasteiger partial charge in [0.05, 0.1) is 0 Å². The molecule has 0 aliphatic carbocycles. The number of piperidine rings is 2. The number of nitrogens with one attached hydrogen (secondary N) is 1. The number of pyridine rings is 1. The Kier molecular flexibility index (Phi) is 6.75. The Labute approximate surface area is 191 Å². The van der Waals surface area contributed by atoms with Crippen LogP contribution < -0.4 is 10.2 Å². The number of carboxylic acid groups (broad SMARTS) is 1. The van der Waals surface area contributed by atoms with Gasteiger partial charge < -0.3 is 20.2 Å². The molecule has 4 rings (SSSR count). The maximum atomic E-state index is 12.7. The summed E-state index contributed by atoms with van der Waals surface area (Å²) < 4.78 is 0. The van der Waals surface area contributed by atoms with Crippen molar-refractivity contribution < 1.29 is 14.7 Å². The SMILES string of the molecule is CC(C)(C)N(C(=O)O)[C@H]1C[C@H]2CC[C@@H](C1)N2c1ccc(C(=O)CCC2CCNCC2)cn1. The molecule has 3 saturated heterocycles. The standard InChI is InChI=1S/C25H38N4O3/c1-25(2,3)29(24(31)32)21-14-19-6-7-20(15-21)28(19)23-9-5-18(16-27-23)22(30)8-4-17-10-12-26-13-11-17/h5,9,16-17,19-21,26H,4,6-8,10-15H2,1-3H3,(H,31,32)/t19-,20+,21+. The van der Waals surface area contributed by atoms with E-state index in [4.69, 9.17) is 0 Å². The van der Waals surface area contributed by atoms with Crippen LogP contribution in [0.1, 0.15) is 82.5 Å². The van der Waals surface area contributed by atoms with E-state index < -0.39 is 11.6 Å². The summed E-state index contributed by atoms with van der Waals surface area (Å²) in [5.74, 6) is 1.76. The second kappa shape index (κ2) is 9.38. The maximum absolute atomic E-state index is 12.7. The van der Waals surface area contributed by atoms with Gasteiger partial charge in [0.15, 0.2) is 5.78 Å². The lowest BCUT2D eigenvalue weighted by atomic mass is 9.91. The summed E-state index contributed by atoms with van der Waals surface area (Å²) >= 11 is 0. The molecular weight excluding hydrogens is 404 g/mol. The van der Waals surface area contributed by atoms with Crippen LogP contribution in [-0.2, 0) is 0 Å². The molecule has 2 N–H and O–H groups in total. The number of hydrogen-bond donors (Lipinski definition) is 2. The predicted octanol–water partition coefficient (Wildman–Crippen LogP) is 4.32. The number of carbonyl (C=O) groups excluding carboxylic acids is 1. The monoisotopic (exact) mass is 442 g/mol. The number of carbonyl (C=O) groups is 2. The third-order valence-corrected chi connectivity index (χ3v) is 7.57. The van der Waals surface area contributed by atoms with Crippen LogP contribution in [0, 0.1) is 5.92 Å². The molecule has 0 spiro atoms. The Balaban J connectivity index is 1.38. The van der Waals surface area contributed by atoms with Crippen molar-refractivity contribution in [1.82, 2.24) is 15.2 Å². The molecule has 0 unspecified atom stereocenters. The molecule has 1 aromatic heterocycles. The smallest absolute Gasteiger partial charge is 0.407 e. The van der Waals surface area contributed by atoms with E-state index in [2.05, 4.69) is 15.2 Å². The predicted molar refractivity (Wildman–Crippen MR) is 125 cm³/mol. The van der Waals surface area contributed by atoms with Crippen molar-refractivity contribution in [3.8, 4) is 0 Å². The largest absolute Gasteiger partial charge is 0.465 e. The van der Waals surface area contributed by atoms with E-state index in [9.17, 15) is 14.7 Å². The zero-order chi connectivity index (χ0) is 22.9. The van der Waals surface area contributed by atoms with Gasteiger partial charge in [-0.25, -0.2) is 9.78 Å². The first-order chi connectivity index (χ1) is 15.2. The van der Waals surface area contributed by atoms with Gasteiger partial charge in [-0.05, 0) is 96.9 Å². The zero-order valence-corrected chi connectivity index (χ0v) is 19.7. The highest BCUT2D eigenvalue weighted by atomic mass is 16.4. The van der Waals surface area contributed by atoms with E-state index in [0.717, 1.165) is 63.9 Å². The molecule has 3 fully saturated rings. The minimum absolute atomic E-state index is 0.0390. The second-order valence-corrected chi connectivity index (χ2v) is 10.8. The molecule has 2 bridgehead atoms. The number of aromatic nitrogens is 1. The molecule has 4 heterocycles. The van der Waals surface area contributed by atoms with Gasteiger partial charge in [0.1, 0.15) is 5.82 Å². The summed E-state index contributed by atoms with van der Waals surface area (Å²) in [6.45, 7) is 8.04. The van der Waals surface area contributed by atoms with E-state index in [-0.39, 0.29) is 11.8 Å². The molecule has 32 heavy (non-hydrogen) atoms. The molecule has 1 amide bonds. The number of hydrogen-bond acceptors (Lipinski definition) is 5. The van der Waals surface area contributed by atoms with Crippen molar-refractivity contribution in [3.05, 3.63) is 23.9 Å². The topological polar surface area (TPSA) is 85.8 Å². The molecule has 3 aliphatic heterocycles. The Hall–Kier alpha value is -2.15. The lowest BCUT2D eigenvalue weighted by Gasteiger charge is -2.47. The molecular formula is C25H38N4O3. The van der Waals surface area contributed by atoms with Gasteiger partial charge in [0.2, 0.25) is 0 Å². The van der Waals surface area contributed by atoms with Gasteiger partial charge >= 0.3 is 6.09 Å². The van der Waals surface area contributed by atoms with Crippen molar-refractivity contribution in [3.63, 3.8) is 0 Å². The average Bonchev–Trinajstić information content (AvgIpc) is 3.01. The van der Waals surface area contributed by atoms with Crippen LogP contribution in [0.5, 0.6) is 0 Å². The fourth-order valence-electron chi connectivity index (χ4n) is 6.08. The van der Waals surface area contributed by atoms with Gasteiger partial charge in [-0.1, -0.05) is 0 Å². The first kappa shape index (κ1) is 23.0. The number of rotatable bonds is 6. The van der Waals surface area contributed by atoms with Crippen molar-refractivity contribution >= 4 is 17.7 Å². The van der Waals surface area contributed by atoms with Crippen molar-refractivity contribution in [2.45, 2.75) is 95.8 Å². The fourth-order valence-corrected chi connectivity index (χ4v) is 6.08. The van der Waals surface area contributed by atoms with Gasteiger partial charge in [0, 0.05) is 41.8 Å². The van der Waals surface area contributed by atoms with Gasteiger partial charge in [-0.3, -0.25) is 4.79 Å². The Morgan fingerprint density at radius 1 is 1.12 bits per heavy atom. The van der Waals surface area contributed by atoms with Crippen LogP contribution in [0.2, 0.25) is 0 Å². The minimum atomic E-state index is -0.833. The fraction of sp³-hybridized carbons (Fsp3) is 0.720. The van der Waals surface area contributed by atoms with Crippen LogP contribution in [-0.4, -0.2) is 63.6 Å².